The number of halogens is 1. The molecule has 0 N–H and O–H groups in total. The molecule has 0 heterocycles. The first kappa shape index (κ1) is 9.78. The van der Waals surface area contributed by atoms with Crippen LogP contribution in [0.15, 0.2) is 0 Å². The molecule has 0 saturated carbocycles. The van der Waals surface area contributed by atoms with Crippen LogP contribution in [0.4, 0.5) is 3.22 Å². The second-order valence-electron chi connectivity index (χ2n) is 1.000. The Labute approximate surface area is 50.2 Å². The predicted octanol–water partition coefficient (Wildman–Crippen LogP) is 1.96. The van der Waals surface area contributed by atoms with Crippen LogP contribution >= 0.6 is 0 Å². The molecule has 0 aromatic rings. The van der Waals surface area contributed by atoms with Gasteiger partial charge in [0.05, 0.1) is 0 Å². The fourth-order valence-electron chi connectivity index (χ4n) is 0. The van der Waals surface area contributed by atoms with Crippen molar-refractivity contribution in [1.29, 1.82) is 0 Å². The van der Waals surface area contributed by atoms with Gasteiger partial charge in [-0.25, -0.2) is 0 Å². The Morgan fingerprint density at radius 3 is 1.33 bits per heavy atom. The van der Waals surface area contributed by atoms with E-state index in [1.807, 2.05) is 0 Å². The molecule has 2 heteroatoms. The van der Waals surface area contributed by atoms with Crippen molar-refractivity contribution in [3.8, 4) is 0 Å². The summed E-state index contributed by atoms with van der Waals surface area (Å²) in [5.74, 6) is 0. The Morgan fingerprint density at radius 1 is 1.17 bits per heavy atom. The van der Waals surface area contributed by atoms with Crippen LogP contribution in [0.1, 0.15) is 26.7 Å². The first-order chi connectivity index (χ1) is 2.91. The maximum absolute atomic E-state index is 9.58. The molecule has 0 aromatic heterocycles. The second kappa shape index (κ2) is 17.6. The van der Waals surface area contributed by atoms with Crippen LogP contribution in [-0.4, -0.2) is 0 Å². The zero-order valence-corrected chi connectivity index (χ0v) is 7.13. The number of hydrogen-bond acceptors (Lipinski definition) is 0. The Hall–Kier alpha value is 0.592. The molecular weight excluding hydrogens is 253 g/mol. The zero-order valence-electron chi connectivity index (χ0n) is 4.20. The summed E-state index contributed by atoms with van der Waals surface area (Å²) in [5, 5.41) is 0. The fraction of sp³-hybridized carbons (Fsp3) is 1.00. The van der Waals surface area contributed by atoms with Crippen LogP contribution < -0.4 is 0 Å². The van der Waals surface area contributed by atoms with Gasteiger partial charge in [-0.15, -0.1) is 0 Å². The third-order valence-electron chi connectivity index (χ3n) is 0.500. The van der Waals surface area contributed by atoms with Gasteiger partial charge in [-0.3, -0.25) is 0 Å². The third-order valence-corrected chi connectivity index (χ3v) is 0.500. The standard InChI is InChI=1S/C4H10.FH.Re.H/c1-3-4-2;;;/h3-4H2,1-2H3;1H;;/q;;+1;/p-1. The first-order valence-corrected chi connectivity index (χ1v) is 3.18. The number of hydrogen-bond donors (Lipinski definition) is 0. The van der Waals surface area contributed by atoms with Gasteiger partial charge < -0.3 is 0 Å². The van der Waals surface area contributed by atoms with Gasteiger partial charge in [0.1, 0.15) is 0 Å². The molecule has 0 bridgehead atoms. The molecule has 0 unspecified atom stereocenters. The third kappa shape index (κ3) is 23.4. The molecule has 0 fully saturated rings. The average Bonchev–Trinajstić information content (AvgIpc) is 1.72. The van der Waals surface area contributed by atoms with Crippen LogP contribution in [-0.2, 0) is 19.7 Å². The predicted molar refractivity (Wildman–Crippen MR) is 23.1 cm³/mol. The van der Waals surface area contributed by atoms with Crippen LogP contribution in [0.2, 0.25) is 0 Å². The van der Waals surface area contributed by atoms with Crippen molar-refractivity contribution in [2.45, 2.75) is 26.7 Å². The summed E-state index contributed by atoms with van der Waals surface area (Å²) in [5.41, 5.74) is 0. The molecule has 0 spiro atoms. The molecule has 41 valence electrons. The molecule has 0 nitrogen and oxygen atoms in total. The van der Waals surface area contributed by atoms with Crippen LogP contribution in [0.5, 0.6) is 0 Å². The molecule has 0 saturated heterocycles. The molecule has 0 aliphatic heterocycles. The van der Waals surface area contributed by atoms with Crippen molar-refractivity contribution >= 4 is 0 Å². The summed E-state index contributed by atoms with van der Waals surface area (Å²) in [4.78, 5) is 0. The minimum atomic E-state index is 0.0833. The van der Waals surface area contributed by atoms with Crippen molar-refractivity contribution in [2.24, 2.45) is 0 Å². The van der Waals surface area contributed by atoms with E-state index in [9.17, 15) is 3.22 Å². The molecule has 0 aromatic carbocycles. The SMILES string of the molecule is CCCC.[F][ReH]. The normalized spacial score (nSPS) is 6.00. The molecule has 0 rings (SSSR count). The summed E-state index contributed by atoms with van der Waals surface area (Å²) in [6.45, 7) is 4.36. The fourth-order valence-corrected chi connectivity index (χ4v) is 0. The van der Waals surface area contributed by atoms with Gasteiger partial charge in [0.25, 0.3) is 0 Å². The van der Waals surface area contributed by atoms with Crippen LogP contribution in [0.3, 0.4) is 0 Å². The summed E-state index contributed by atoms with van der Waals surface area (Å²) >= 11 is 0.0833. The number of rotatable bonds is 1. The Bertz CT molecular complexity index is 9.51. The van der Waals surface area contributed by atoms with E-state index in [1.165, 1.54) is 12.8 Å². The molecule has 0 amide bonds. The molecule has 0 atom stereocenters. The summed E-state index contributed by atoms with van der Waals surface area (Å²) < 4.78 is 9.58. The molecule has 6 heavy (non-hydrogen) atoms. The zero-order chi connectivity index (χ0) is 5.41. The van der Waals surface area contributed by atoms with E-state index < -0.39 is 0 Å². The molecule has 0 aliphatic carbocycles. The van der Waals surface area contributed by atoms with Gasteiger partial charge in [0.15, 0.2) is 0 Å². The van der Waals surface area contributed by atoms with E-state index in [-0.39, 0.29) is 19.7 Å². The van der Waals surface area contributed by atoms with Crippen LogP contribution in [0, 0.1) is 0 Å². The van der Waals surface area contributed by atoms with E-state index in [4.69, 9.17) is 0 Å². The molecular formula is C4H11FRe. The average molecular weight is 264 g/mol. The van der Waals surface area contributed by atoms with E-state index in [0.29, 0.717) is 0 Å². The summed E-state index contributed by atoms with van der Waals surface area (Å²) in [6.07, 6.45) is 2.64. The van der Waals surface area contributed by atoms with Crippen molar-refractivity contribution in [3.05, 3.63) is 0 Å². The quantitative estimate of drug-likeness (QED) is 0.679. The van der Waals surface area contributed by atoms with Crippen molar-refractivity contribution in [2.75, 3.05) is 0 Å². The Balaban J connectivity index is 0. The van der Waals surface area contributed by atoms with Gasteiger partial charge in [-0.05, 0) is 0 Å². The molecule has 0 radical (unpaired) electrons. The van der Waals surface area contributed by atoms with Gasteiger partial charge in [-0.2, -0.15) is 0 Å². The van der Waals surface area contributed by atoms with Gasteiger partial charge in [-0.1, -0.05) is 26.7 Å². The van der Waals surface area contributed by atoms with Gasteiger partial charge in [0.2, 0.25) is 0 Å². The van der Waals surface area contributed by atoms with Crippen molar-refractivity contribution < 1.29 is 22.9 Å². The van der Waals surface area contributed by atoms with E-state index >= 15 is 0 Å². The van der Waals surface area contributed by atoms with Gasteiger partial charge >= 0.3 is 22.9 Å². The van der Waals surface area contributed by atoms with Gasteiger partial charge in [0, 0.05) is 0 Å². The monoisotopic (exact) mass is 265 g/mol. The minimum absolute atomic E-state index is 0.0833. The van der Waals surface area contributed by atoms with E-state index in [1.54, 1.807) is 0 Å². The van der Waals surface area contributed by atoms with Crippen molar-refractivity contribution in [1.82, 2.24) is 0 Å². The summed E-state index contributed by atoms with van der Waals surface area (Å²) in [6, 6.07) is 0. The Kier molecular flexibility index (Phi) is 28.6. The van der Waals surface area contributed by atoms with Crippen molar-refractivity contribution in [3.63, 3.8) is 0 Å². The second-order valence-corrected chi connectivity index (χ2v) is 1.000. The summed E-state index contributed by atoms with van der Waals surface area (Å²) in [7, 11) is 0. The van der Waals surface area contributed by atoms with Crippen LogP contribution in [0.25, 0.3) is 0 Å². The number of unbranched alkanes of at least 4 members (excludes halogenated alkanes) is 1. The molecule has 0 aliphatic rings. The van der Waals surface area contributed by atoms with E-state index in [0.717, 1.165) is 0 Å². The Morgan fingerprint density at radius 2 is 1.33 bits per heavy atom. The van der Waals surface area contributed by atoms with E-state index in [2.05, 4.69) is 13.8 Å². The maximum atomic E-state index is 9.58. The first-order valence-electron chi connectivity index (χ1n) is 2.07. The topological polar surface area (TPSA) is 0 Å².